The maximum Gasteiger partial charge on any atom is 0.519 e. The van der Waals surface area contributed by atoms with Crippen LogP contribution in [-0.4, -0.2) is 83.4 Å². The summed E-state index contributed by atoms with van der Waals surface area (Å²) in [5, 5.41) is 28.8. The highest BCUT2D eigenvalue weighted by Crippen LogP contribution is 2.55. The van der Waals surface area contributed by atoms with Gasteiger partial charge in [0.15, 0.2) is 0 Å². The Labute approximate surface area is 340 Å². The van der Waals surface area contributed by atoms with E-state index in [2.05, 4.69) is 41.9 Å². The number of carbonyl (C=O) groups is 3. The number of benzene rings is 2. The monoisotopic (exact) mass is 910 g/mol. The molecular formula is C39H58Br2F2N2O10. The molecule has 2 aromatic rings. The molecule has 0 aromatic heterocycles. The average molecular weight is 913 g/mol. The van der Waals surface area contributed by atoms with Crippen molar-refractivity contribution in [2.75, 3.05) is 32.9 Å². The van der Waals surface area contributed by atoms with E-state index >= 15 is 0 Å². The van der Waals surface area contributed by atoms with Crippen LogP contribution in [0.5, 0.6) is 0 Å². The molecule has 16 heteroatoms. The van der Waals surface area contributed by atoms with E-state index in [9.17, 15) is 28.3 Å². The van der Waals surface area contributed by atoms with Crippen molar-refractivity contribution in [1.82, 2.24) is 5.32 Å². The molecule has 312 valence electrons. The number of nitrogens with two attached hydrogens (primary N) is 1. The summed E-state index contributed by atoms with van der Waals surface area (Å²) >= 11 is 6.65. The van der Waals surface area contributed by atoms with E-state index in [0.717, 1.165) is 15.4 Å². The summed E-state index contributed by atoms with van der Waals surface area (Å²) in [6.07, 6.45) is -1.25. The number of aliphatic hydroxyl groups is 3. The molecule has 0 aliphatic heterocycles. The molecule has 0 bridgehead atoms. The van der Waals surface area contributed by atoms with Gasteiger partial charge in [0.05, 0.1) is 0 Å². The maximum absolute atomic E-state index is 14.2. The van der Waals surface area contributed by atoms with Crippen LogP contribution in [-0.2, 0) is 29.8 Å². The number of hydrogen-bond acceptors (Lipinski definition) is 11. The normalized spacial score (nSPS) is 21.1. The molecular weight excluding hydrogens is 854 g/mol. The van der Waals surface area contributed by atoms with Crippen molar-refractivity contribution >= 4 is 50.3 Å². The highest BCUT2D eigenvalue weighted by atomic mass is 79.9. The zero-order chi connectivity index (χ0) is 42.6. The molecule has 2 aliphatic carbocycles. The van der Waals surface area contributed by atoms with Crippen molar-refractivity contribution < 1.29 is 57.4 Å². The van der Waals surface area contributed by atoms with Gasteiger partial charge in [0.1, 0.15) is 28.4 Å². The minimum Gasteiger partial charge on any atom is -0.444 e. The minimum absolute atomic E-state index is 0.0397. The first-order chi connectivity index (χ1) is 25.2. The maximum atomic E-state index is 14.2. The third-order valence-corrected chi connectivity index (χ3v) is 9.08. The number of alkyl carbamates (subject to hydrolysis) is 1. The Kier molecular flexibility index (Phi) is 19.2. The minimum atomic E-state index is -1.06. The first-order valence-electron chi connectivity index (χ1n) is 17.8. The largest absolute Gasteiger partial charge is 0.519 e. The zero-order valence-electron chi connectivity index (χ0n) is 33.4. The Morgan fingerprint density at radius 3 is 1.44 bits per heavy atom. The smallest absolute Gasteiger partial charge is 0.444 e. The summed E-state index contributed by atoms with van der Waals surface area (Å²) in [4.78, 5) is 33.8. The van der Waals surface area contributed by atoms with Gasteiger partial charge < -0.3 is 45.3 Å². The van der Waals surface area contributed by atoms with Crippen LogP contribution in [0.3, 0.4) is 0 Å². The lowest BCUT2D eigenvalue weighted by molar-refractivity contribution is -0.0294. The SMILES string of the molecule is CC(C)(C)OC(=O)NC[C@@]1(c2cc(Br)ccc2F)C[C@H]1CO.CC(C)(C)OC(=O)OC(=O)OC(C)(C)C.CCO.NC[C@@]1(c2cc(Br)ccc2F)C[C@H]1CO. The van der Waals surface area contributed by atoms with Crippen LogP contribution in [0, 0.1) is 23.5 Å². The molecule has 0 radical (unpaired) electrons. The summed E-state index contributed by atoms with van der Waals surface area (Å²) in [6, 6.07) is 9.59. The predicted octanol–water partition coefficient (Wildman–Crippen LogP) is 8.03. The molecule has 2 aliphatic rings. The van der Waals surface area contributed by atoms with E-state index in [1.54, 1.807) is 93.5 Å². The number of aliphatic hydroxyl groups excluding tert-OH is 3. The second kappa shape index (κ2) is 21.0. The molecule has 0 spiro atoms. The van der Waals surface area contributed by atoms with Crippen molar-refractivity contribution in [2.45, 2.75) is 110 Å². The molecule has 6 N–H and O–H groups in total. The lowest BCUT2D eigenvalue weighted by Crippen LogP contribution is -2.38. The average Bonchev–Trinajstić information content (AvgIpc) is 3.94. The Morgan fingerprint density at radius 1 is 0.745 bits per heavy atom. The molecule has 2 aromatic carbocycles. The third kappa shape index (κ3) is 17.0. The standard InChI is InChI=1S/C16H21BrFNO3.C11H13BrFNO.C10H18O5.C2H6O/c1-15(2,3)22-14(21)19-9-16(7-10(16)8-20)12-6-11(17)4-5-13(12)18;12-8-1-2-10(13)9(3-8)11(6-14)4-7(11)5-15;1-9(2,3)14-7(11)13-8(12)15-10(4,5)6;1-2-3/h4-6,10,20H,7-9H2,1-3H3,(H,19,21);1-3,7,15H,4-6,14H2;1-6H3;3H,2H2,1H3/t10-,16-;7-,11-;;/m00../s1. The van der Waals surface area contributed by atoms with Crippen molar-refractivity contribution in [3.8, 4) is 0 Å². The van der Waals surface area contributed by atoms with Gasteiger partial charge in [-0.25, -0.2) is 23.2 Å². The fraction of sp³-hybridized carbons (Fsp3) is 0.615. The Balaban J connectivity index is 0.000000408. The molecule has 12 nitrogen and oxygen atoms in total. The number of hydrogen-bond donors (Lipinski definition) is 5. The molecule has 0 heterocycles. The molecule has 4 rings (SSSR count). The molecule has 2 fully saturated rings. The van der Waals surface area contributed by atoms with Gasteiger partial charge in [0.2, 0.25) is 0 Å². The highest BCUT2D eigenvalue weighted by molar-refractivity contribution is 9.10. The van der Waals surface area contributed by atoms with E-state index in [-0.39, 0.29) is 55.3 Å². The van der Waals surface area contributed by atoms with E-state index in [1.807, 2.05) is 0 Å². The Hall–Kier alpha value is -2.89. The Morgan fingerprint density at radius 2 is 1.11 bits per heavy atom. The second-order valence-electron chi connectivity index (χ2n) is 16.1. The second-order valence-corrected chi connectivity index (χ2v) is 18.0. The van der Waals surface area contributed by atoms with Gasteiger partial charge in [-0.15, -0.1) is 0 Å². The zero-order valence-corrected chi connectivity index (χ0v) is 36.5. The molecule has 0 saturated heterocycles. The van der Waals surface area contributed by atoms with Gasteiger partial charge in [0, 0.05) is 52.7 Å². The lowest BCUT2D eigenvalue weighted by Gasteiger charge is -2.23. The fourth-order valence-electron chi connectivity index (χ4n) is 5.48. The van der Waals surface area contributed by atoms with Crippen LogP contribution >= 0.6 is 31.9 Å². The number of amides is 1. The number of ether oxygens (including phenoxy) is 4. The van der Waals surface area contributed by atoms with Crippen molar-refractivity contribution in [3.63, 3.8) is 0 Å². The van der Waals surface area contributed by atoms with Crippen LogP contribution in [0.2, 0.25) is 0 Å². The first-order valence-corrected chi connectivity index (χ1v) is 19.4. The summed E-state index contributed by atoms with van der Waals surface area (Å²) in [7, 11) is 0. The number of rotatable bonds is 7. The van der Waals surface area contributed by atoms with Gasteiger partial charge in [-0.2, -0.15) is 0 Å². The third-order valence-electron chi connectivity index (χ3n) is 8.09. The molecule has 55 heavy (non-hydrogen) atoms. The predicted molar refractivity (Wildman–Crippen MR) is 212 cm³/mol. The van der Waals surface area contributed by atoms with E-state index in [0.29, 0.717) is 24.1 Å². The molecule has 4 atom stereocenters. The number of carbonyl (C=O) groups excluding carboxylic acids is 3. The van der Waals surface area contributed by atoms with Crippen LogP contribution < -0.4 is 11.1 Å². The van der Waals surface area contributed by atoms with Crippen LogP contribution in [0.15, 0.2) is 45.3 Å². The van der Waals surface area contributed by atoms with E-state index in [4.69, 9.17) is 30.2 Å². The van der Waals surface area contributed by atoms with Gasteiger partial charge in [-0.1, -0.05) is 31.9 Å². The lowest BCUT2D eigenvalue weighted by atomic mass is 9.92. The number of nitrogens with one attached hydrogen (secondary N) is 1. The highest BCUT2D eigenvalue weighted by Gasteiger charge is 2.56. The summed E-state index contributed by atoms with van der Waals surface area (Å²) < 4.78 is 48.4. The van der Waals surface area contributed by atoms with Crippen LogP contribution in [0.25, 0.3) is 0 Å². The van der Waals surface area contributed by atoms with Crippen molar-refractivity contribution in [3.05, 3.63) is 68.1 Å². The quantitative estimate of drug-likeness (QED) is 0.103. The summed E-state index contributed by atoms with van der Waals surface area (Å²) in [5.41, 5.74) is 3.94. The Bertz CT molecular complexity index is 1550. The van der Waals surface area contributed by atoms with Gasteiger partial charge in [-0.05, 0) is 141 Å². The fourth-order valence-corrected chi connectivity index (χ4v) is 6.21. The van der Waals surface area contributed by atoms with Gasteiger partial charge in [0.25, 0.3) is 0 Å². The molecule has 0 unspecified atom stereocenters. The first kappa shape index (κ1) is 50.1. The van der Waals surface area contributed by atoms with Gasteiger partial charge >= 0.3 is 18.4 Å². The van der Waals surface area contributed by atoms with E-state index in [1.165, 1.54) is 12.1 Å². The van der Waals surface area contributed by atoms with Crippen LogP contribution in [0.4, 0.5) is 23.2 Å². The topological polar surface area (TPSA) is 187 Å². The van der Waals surface area contributed by atoms with E-state index < -0.39 is 40.6 Å². The van der Waals surface area contributed by atoms with Crippen molar-refractivity contribution in [2.24, 2.45) is 17.6 Å². The molecule has 1 amide bonds. The number of halogens is 4. The summed E-state index contributed by atoms with van der Waals surface area (Å²) in [5.74, 6) is -0.526. The van der Waals surface area contributed by atoms with Crippen LogP contribution in [0.1, 0.15) is 93.2 Å². The van der Waals surface area contributed by atoms with Gasteiger partial charge in [-0.3, -0.25) is 0 Å². The molecule has 2 saturated carbocycles. The summed E-state index contributed by atoms with van der Waals surface area (Å²) in [6.45, 7) is 17.9. The van der Waals surface area contributed by atoms with Crippen molar-refractivity contribution in [1.29, 1.82) is 0 Å².